The highest BCUT2D eigenvalue weighted by Gasteiger charge is 2.31. The monoisotopic (exact) mass is 506 g/mol. The van der Waals surface area contributed by atoms with Gasteiger partial charge in [-0.15, -0.1) is 0 Å². The van der Waals surface area contributed by atoms with Crippen LogP contribution in [-0.4, -0.2) is 27.3 Å². The number of nitrogens with zero attached hydrogens (tertiary/aromatic N) is 3. The lowest BCUT2D eigenvalue weighted by Gasteiger charge is -2.32. The van der Waals surface area contributed by atoms with Crippen LogP contribution in [-0.2, 0) is 4.79 Å². The number of ketones is 1. The Hall–Kier alpha value is -3.72. The molecular formula is C32H34N4O2. The van der Waals surface area contributed by atoms with Crippen molar-refractivity contribution in [1.82, 2.24) is 15.0 Å². The molecule has 0 saturated heterocycles. The fourth-order valence-electron chi connectivity index (χ4n) is 6.78. The highest BCUT2D eigenvalue weighted by molar-refractivity contribution is 6.05. The molecule has 6 heteroatoms. The molecule has 2 atom stereocenters. The normalized spacial score (nSPS) is 23.8. The maximum Gasteiger partial charge on any atom is 0.137 e. The van der Waals surface area contributed by atoms with Crippen LogP contribution in [0.5, 0.6) is 5.75 Å². The molecule has 194 valence electrons. The third-order valence-electron chi connectivity index (χ3n) is 8.80. The molecule has 3 aromatic heterocycles. The van der Waals surface area contributed by atoms with E-state index in [1.54, 1.807) is 12.1 Å². The van der Waals surface area contributed by atoms with Crippen molar-refractivity contribution in [3.05, 3.63) is 66.1 Å². The summed E-state index contributed by atoms with van der Waals surface area (Å²) in [7, 11) is 0. The van der Waals surface area contributed by atoms with Gasteiger partial charge in [0.1, 0.15) is 17.2 Å². The number of hydrogen-bond donors (Lipinski definition) is 1. The van der Waals surface area contributed by atoms with Gasteiger partial charge < -0.3 is 9.72 Å². The number of ether oxygens (including phenoxy) is 1. The fraction of sp³-hybridized carbons (Fsp3) is 0.438. The average molecular weight is 507 g/mol. The predicted molar refractivity (Wildman–Crippen MR) is 148 cm³/mol. The van der Waals surface area contributed by atoms with Crippen LogP contribution in [0.15, 0.2) is 55.0 Å². The zero-order chi connectivity index (χ0) is 25.9. The number of nitrogens with one attached hydrogen (secondary N) is 1. The molecule has 1 N–H and O–H groups in total. The number of benzene rings is 1. The second kappa shape index (κ2) is 10.9. The van der Waals surface area contributed by atoms with Crippen molar-refractivity contribution in [2.75, 3.05) is 6.61 Å². The molecule has 38 heavy (non-hydrogen) atoms. The Morgan fingerprint density at radius 2 is 1.82 bits per heavy atom. The van der Waals surface area contributed by atoms with Gasteiger partial charge in [0.05, 0.1) is 30.0 Å². The van der Waals surface area contributed by atoms with E-state index in [0.717, 1.165) is 73.7 Å². The molecule has 3 heterocycles. The third kappa shape index (κ3) is 5.15. The summed E-state index contributed by atoms with van der Waals surface area (Å²) in [6, 6.07) is 13.7. The Morgan fingerprint density at radius 1 is 1.00 bits per heavy atom. The van der Waals surface area contributed by atoms with Crippen molar-refractivity contribution < 1.29 is 9.53 Å². The minimum atomic E-state index is 0.198. The summed E-state index contributed by atoms with van der Waals surface area (Å²) in [5.41, 5.74) is 3.85. The van der Waals surface area contributed by atoms with E-state index >= 15 is 0 Å². The number of nitriles is 1. The number of carbonyl (C=O) groups excluding carboxylic acids is 1. The maximum absolute atomic E-state index is 13.3. The Bertz CT molecular complexity index is 1460. The van der Waals surface area contributed by atoms with Crippen molar-refractivity contribution in [1.29, 1.82) is 5.26 Å². The number of H-pyrrole nitrogens is 1. The molecular weight excluding hydrogens is 472 g/mol. The van der Waals surface area contributed by atoms with Crippen LogP contribution < -0.4 is 4.74 Å². The van der Waals surface area contributed by atoms with Gasteiger partial charge in [0, 0.05) is 35.5 Å². The molecule has 4 aromatic rings. The highest BCUT2D eigenvalue weighted by atomic mass is 16.5. The lowest BCUT2D eigenvalue weighted by molar-refractivity contribution is -0.125. The van der Waals surface area contributed by atoms with E-state index < -0.39 is 0 Å². The van der Waals surface area contributed by atoms with E-state index in [-0.39, 0.29) is 5.92 Å². The minimum Gasteiger partial charge on any atom is -0.493 e. The van der Waals surface area contributed by atoms with Gasteiger partial charge in [0.2, 0.25) is 0 Å². The van der Waals surface area contributed by atoms with Crippen molar-refractivity contribution in [3.63, 3.8) is 0 Å². The van der Waals surface area contributed by atoms with E-state index in [4.69, 9.17) is 10.00 Å². The molecule has 6 rings (SSSR count). The van der Waals surface area contributed by atoms with Crippen LogP contribution in [0.25, 0.3) is 21.9 Å². The smallest absolute Gasteiger partial charge is 0.137 e. The molecule has 2 aliphatic carbocycles. The molecule has 2 unspecified atom stereocenters. The molecule has 0 bridgehead atoms. The fourth-order valence-corrected chi connectivity index (χ4v) is 6.78. The van der Waals surface area contributed by atoms with Crippen molar-refractivity contribution in [2.45, 2.75) is 63.7 Å². The summed E-state index contributed by atoms with van der Waals surface area (Å²) in [6.07, 6.45) is 15.0. The van der Waals surface area contributed by atoms with E-state index in [2.05, 4.69) is 33.2 Å². The van der Waals surface area contributed by atoms with E-state index in [1.807, 2.05) is 30.7 Å². The minimum absolute atomic E-state index is 0.198. The molecule has 2 aliphatic rings. The SMILES string of the molecule is N#Cc1ccc(OCC2CCCC(CC(=O)C3CCC(c4ccnc5cnc6[nH]ccc6c45)CC3)C2)cc1. The second-order valence-electron chi connectivity index (χ2n) is 11.2. The average Bonchev–Trinajstić information content (AvgIpc) is 3.46. The van der Waals surface area contributed by atoms with Gasteiger partial charge in [-0.1, -0.05) is 6.42 Å². The Balaban J connectivity index is 1.03. The van der Waals surface area contributed by atoms with Crippen LogP contribution in [0.1, 0.15) is 74.8 Å². The van der Waals surface area contributed by atoms with Crippen molar-refractivity contribution in [3.8, 4) is 11.8 Å². The molecule has 2 fully saturated rings. The topological polar surface area (TPSA) is 91.7 Å². The van der Waals surface area contributed by atoms with E-state index in [1.165, 1.54) is 17.4 Å². The van der Waals surface area contributed by atoms with Gasteiger partial charge in [-0.25, -0.2) is 4.98 Å². The summed E-state index contributed by atoms with van der Waals surface area (Å²) in [5.74, 6) is 2.91. The van der Waals surface area contributed by atoms with E-state index in [9.17, 15) is 4.79 Å². The number of pyridine rings is 2. The van der Waals surface area contributed by atoms with Gasteiger partial charge in [-0.05, 0) is 105 Å². The zero-order valence-corrected chi connectivity index (χ0v) is 21.7. The van der Waals surface area contributed by atoms with Crippen LogP contribution >= 0.6 is 0 Å². The first-order valence-electron chi connectivity index (χ1n) is 14.0. The van der Waals surface area contributed by atoms with Crippen molar-refractivity contribution in [2.24, 2.45) is 17.8 Å². The summed E-state index contributed by atoms with van der Waals surface area (Å²) < 4.78 is 6.02. The van der Waals surface area contributed by atoms with Crippen LogP contribution in [0.3, 0.4) is 0 Å². The molecule has 0 radical (unpaired) electrons. The lowest BCUT2D eigenvalue weighted by atomic mass is 9.73. The third-order valence-corrected chi connectivity index (χ3v) is 8.80. The first-order chi connectivity index (χ1) is 18.7. The first kappa shape index (κ1) is 24.6. The summed E-state index contributed by atoms with van der Waals surface area (Å²) in [5, 5.41) is 11.3. The quantitative estimate of drug-likeness (QED) is 0.289. The van der Waals surface area contributed by atoms with Crippen LogP contribution in [0.2, 0.25) is 0 Å². The van der Waals surface area contributed by atoms with Crippen molar-refractivity contribution >= 4 is 27.7 Å². The molecule has 0 spiro atoms. The Morgan fingerprint density at radius 3 is 2.63 bits per heavy atom. The largest absolute Gasteiger partial charge is 0.493 e. The van der Waals surface area contributed by atoms with Gasteiger partial charge in [0.25, 0.3) is 0 Å². The Labute approximate surface area is 223 Å². The van der Waals surface area contributed by atoms with Crippen LogP contribution in [0.4, 0.5) is 0 Å². The molecule has 0 amide bonds. The van der Waals surface area contributed by atoms with Gasteiger partial charge in [-0.2, -0.15) is 5.26 Å². The number of aromatic nitrogens is 3. The van der Waals surface area contributed by atoms with Gasteiger partial charge in [0.15, 0.2) is 0 Å². The number of hydrogen-bond acceptors (Lipinski definition) is 5. The zero-order valence-electron chi connectivity index (χ0n) is 21.7. The van der Waals surface area contributed by atoms with Gasteiger partial charge in [-0.3, -0.25) is 9.78 Å². The molecule has 0 aliphatic heterocycles. The Kier molecular flexibility index (Phi) is 7.09. The second-order valence-corrected chi connectivity index (χ2v) is 11.2. The van der Waals surface area contributed by atoms with E-state index in [0.29, 0.717) is 35.7 Å². The van der Waals surface area contributed by atoms with Crippen LogP contribution in [0, 0.1) is 29.1 Å². The molecule has 6 nitrogen and oxygen atoms in total. The number of aromatic amines is 1. The standard InChI is InChI=1S/C32H34N4O2/c33-18-21-4-10-26(11-5-21)38-20-23-3-1-2-22(16-23)17-30(37)25-8-6-24(7-9-25)27-12-14-34-29-19-36-32-28(31(27)29)13-15-35-32/h4-5,10-15,19,22-25H,1-3,6-9,16-17,20H2,(H,35,36). The molecule has 2 saturated carbocycles. The summed E-state index contributed by atoms with van der Waals surface area (Å²) in [6.45, 7) is 0.686. The predicted octanol–water partition coefficient (Wildman–Crippen LogP) is 7.10. The maximum atomic E-state index is 13.3. The summed E-state index contributed by atoms with van der Waals surface area (Å²) >= 11 is 0. The number of fused-ring (bicyclic) bond motifs is 3. The highest BCUT2D eigenvalue weighted by Crippen LogP contribution is 2.41. The summed E-state index contributed by atoms with van der Waals surface area (Å²) in [4.78, 5) is 25.6. The molecule has 1 aromatic carbocycles. The van der Waals surface area contributed by atoms with Gasteiger partial charge >= 0.3 is 0 Å². The number of rotatable bonds is 7. The number of carbonyl (C=O) groups is 1. The first-order valence-corrected chi connectivity index (χ1v) is 14.0. The number of Topliss-reactive ketones (excluding diaryl/α,β-unsaturated/α-hetero) is 1. The lowest BCUT2D eigenvalue weighted by Crippen LogP contribution is -2.27.